The van der Waals surface area contributed by atoms with Crippen LogP contribution in [0, 0.1) is 0 Å². The predicted octanol–water partition coefficient (Wildman–Crippen LogP) is 3.88. The Balaban J connectivity index is 0.000000234. The second-order valence-corrected chi connectivity index (χ2v) is 14.6. The van der Waals surface area contributed by atoms with Crippen molar-refractivity contribution in [1.82, 2.24) is 5.32 Å². The topological polar surface area (TPSA) is 67.8 Å². The van der Waals surface area contributed by atoms with Gasteiger partial charge in [-0.15, -0.1) is 0 Å². The number of hydrogen-bond donors (Lipinski definition) is 2. The molecule has 6 heteroatoms. The van der Waals surface area contributed by atoms with Crippen LogP contribution in [0.1, 0.15) is 54.4 Å². The van der Waals surface area contributed by atoms with Crippen molar-refractivity contribution in [1.29, 1.82) is 0 Å². The Morgan fingerprint density at radius 2 is 1.48 bits per heavy atom. The predicted molar refractivity (Wildman–Crippen MR) is 138 cm³/mol. The van der Waals surface area contributed by atoms with Crippen LogP contribution in [0.25, 0.3) is 0 Å². The van der Waals surface area contributed by atoms with Crippen LogP contribution in [0.4, 0.5) is 4.79 Å². The van der Waals surface area contributed by atoms with Crippen LogP contribution in [-0.2, 0) is 9.47 Å². The second kappa shape index (κ2) is 12.3. The molecular weight excluding hydrogens is 430 g/mol. The summed E-state index contributed by atoms with van der Waals surface area (Å²) in [6, 6.07) is 22.0. The Morgan fingerprint density at radius 1 is 0.970 bits per heavy atom. The fraction of sp³-hybridized carbons (Fsp3) is 0.519. The number of aliphatic hydroxyl groups is 1. The molecule has 0 bridgehead atoms. The molecule has 0 aromatic heterocycles. The van der Waals surface area contributed by atoms with Crippen LogP contribution < -0.4 is 15.7 Å². The summed E-state index contributed by atoms with van der Waals surface area (Å²) in [4.78, 5) is 11.4. The van der Waals surface area contributed by atoms with Gasteiger partial charge < -0.3 is 19.9 Å². The Bertz CT molecular complexity index is 783. The van der Waals surface area contributed by atoms with Crippen molar-refractivity contribution < 1.29 is 19.4 Å². The molecule has 1 aliphatic heterocycles. The maximum Gasteiger partial charge on any atom is 0.407 e. The highest BCUT2D eigenvalue weighted by Crippen LogP contribution is 2.26. The molecule has 5 nitrogen and oxygen atoms in total. The number of ether oxygens (including phenoxy) is 2. The molecule has 1 fully saturated rings. The first-order valence-corrected chi connectivity index (χ1v) is 13.5. The standard InChI is InChI=1S/C16H20Si.C11H21NO4/c1-16(2,3)17(14-10-6-4-7-11-14)15-12-8-5-9-13-15;1-11(2,3)16-10(14)12-8-4-5-9(6-13)15-7-8/h4-13,17H,1-3H3;8-9,13H,4-7H2,1-3H3,(H,12,14). The van der Waals surface area contributed by atoms with E-state index in [0.717, 1.165) is 12.8 Å². The van der Waals surface area contributed by atoms with Gasteiger partial charge in [-0.05, 0) is 38.7 Å². The minimum Gasteiger partial charge on any atom is -0.444 e. The summed E-state index contributed by atoms with van der Waals surface area (Å²) in [6.45, 7) is 13.0. The molecule has 2 atom stereocenters. The maximum atomic E-state index is 11.4. The van der Waals surface area contributed by atoms with Gasteiger partial charge in [0.05, 0.1) is 25.4 Å². The van der Waals surface area contributed by atoms with E-state index in [1.807, 2.05) is 20.8 Å². The zero-order chi connectivity index (χ0) is 24.5. The Hall–Kier alpha value is -2.15. The molecule has 33 heavy (non-hydrogen) atoms. The molecular formula is C27H41NO4Si. The van der Waals surface area contributed by atoms with E-state index in [-0.39, 0.29) is 18.8 Å². The molecule has 182 valence electrons. The number of rotatable bonds is 4. The van der Waals surface area contributed by atoms with E-state index < -0.39 is 20.5 Å². The van der Waals surface area contributed by atoms with Crippen LogP contribution in [0.15, 0.2) is 60.7 Å². The van der Waals surface area contributed by atoms with Crippen LogP contribution >= 0.6 is 0 Å². The average Bonchev–Trinajstić information content (AvgIpc) is 2.74. The van der Waals surface area contributed by atoms with Gasteiger partial charge in [-0.2, -0.15) is 0 Å². The smallest absolute Gasteiger partial charge is 0.407 e. The first kappa shape index (κ1) is 27.1. The van der Waals surface area contributed by atoms with E-state index in [2.05, 4.69) is 86.8 Å². The first-order valence-electron chi connectivity index (χ1n) is 11.8. The van der Waals surface area contributed by atoms with E-state index >= 15 is 0 Å². The summed E-state index contributed by atoms with van der Waals surface area (Å²) in [5, 5.41) is 15.1. The third-order valence-corrected chi connectivity index (χ3v) is 9.26. The highest BCUT2D eigenvalue weighted by atomic mass is 28.3. The van der Waals surface area contributed by atoms with Gasteiger partial charge in [-0.25, -0.2) is 4.79 Å². The summed E-state index contributed by atoms with van der Waals surface area (Å²) in [6.07, 6.45) is 1.07. The van der Waals surface area contributed by atoms with E-state index in [1.165, 1.54) is 10.4 Å². The monoisotopic (exact) mass is 471 g/mol. The molecule has 0 saturated carbocycles. The number of alkyl carbamates (subject to hydrolysis) is 1. The van der Waals surface area contributed by atoms with Gasteiger partial charge in [0, 0.05) is 0 Å². The number of carbonyl (C=O) groups excluding carboxylic acids is 1. The largest absolute Gasteiger partial charge is 0.444 e. The minimum absolute atomic E-state index is 0.0161. The quantitative estimate of drug-likeness (QED) is 0.664. The van der Waals surface area contributed by atoms with Crippen molar-refractivity contribution in [2.75, 3.05) is 13.2 Å². The number of benzene rings is 2. The van der Waals surface area contributed by atoms with Gasteiger partial charge in [-0.1, -0.05) is 91.8 Å². The van der Waals surface area contributed by atoms with Crippen molar-refractivity contribution in [3.63, 3.8) is 0 Å². The molecule has 1 aliphatic rings. The average molecular weight is 472 g/mol. The fourth-order valence-electron chi connectivity index (χ4n) is 4.02. The van der Waals surface area contributed by atoms with Gasteiger partial charge in [0.2, 0.25) is 0 Å². The Labute approximate surface area is 201 Å². The van der Waals surface area contributed by atoms with E-state index in [0.29, 0.717) is 11.6 Å². The third-order valence-electron chi connectivity index (χ3n) is 5.43. The van der Waals surface area contributed by atoms with Crippen LogP contribution in [-0.4, -0.2) is 51.0 Å². The molecule has 0 radical (unpaired) electrons. The van der Waals surface area contributed by atoms with Crippen molar-refractivity contribution in [3.8, 4) is 0 Å². The molecule has 1 amide bonds. The summed E-state index contributed by atoms with van der Waals surface area (Å²) < 4.78 is 10.5. The molecule has 2 unspecified atom stereocenters. The molecule has 3 rings (SSSR count). The summed E-state index contributed by atoms with van der Waals surface area (Å²) >= 11 is 0. The number of aliphatic hydroxyl groups excluding tert-OH is 1. The highest BCUT2D eigenvalue weighted by Gasteiger charge is 2.29. The number of amides is 1. The maximum absolute atomic E-state index is 11.4. The fourth-order valence-corrected chi connectivity index (χ4v) is 7.62. The van der Waals surface area contributed by atoms with Gasteiger partial charge >= 0.3 is 6.09 Å². The lowest BCUT2D eigenvalue weighted by molar-refractivity contribution is -0.0336. The van der Waals surface area contributed by atoms with E-state index in [1.54, 1.807) is 0 Å². The molecule has 0 spiro atoms. The molecule has 2 aromatic carbocycles. The van der Waals surface area contributed by atoms with Gasteiger partial charge in [-0.3, -0.25) is 0 Å². The lowest BCUT2D eigenvalue weighted by Crippen LogP contribution is -2.48. The van der Waals surface area contributed by atoms with Crippen molar-refractivity contribution in [3.05, 3.63) is 60.7 Å². The molecule has 2 N–H and O–H groups in total. The van der Waals surface area contributed by atoms with Crippen molar-refractivity contribution in [2.24, 2.45) is 0 Å². The molecule has 2 aromatic rings. The Morgan fingerprint density at radius 3 is 1.85 bits per heavy atom. The van der Waals surface area contributed by atoms with Crippen molar-refractivity contribution in [2.45, 2.75) is 77.2 Å². The number of hydrogen-bond acceptors (Lipinski definition) is 4. The third kappa shape index (κ3) is 9.70. The number of carbonyl (C=O) groups is 1. The minimum atomic E-state index is -1.14. The van der Waals surface area contributed by atoms with E-state index in [4.69, 9.17) is 14.6 Å². The van der Waals surface area contributed by atoms with Gasteiger partial charge in [0.1, 0.15) is 14.4 Å². The summed E-state index contributed by atoms with van der Waals surface area (Å²) in [5.74, 6) is 0. The second-order valence-electron chi connectivity index (χ2n) is 10.7. The lowest BCUT2D eigenvalue weighted by Gasteiger charge is -2.30. The molecule has 1 heterocycles. The van der Waals surface area contributed by atoms with Crippen LogP contribution in [0.3, 0.4) is 0 Å². The van der Waals surface area contributed by atoms with Gasteiger partial charge in [0.15, 0.2) is 0 Å². The first-order chi connectivity index (χ1) is 15.5. The van der Waals surface area contributed by atoms with Crippen molar-refractivity contribution >= 4 is 25.3 Å². The SMILES string of the molecule is CC(C)(C)OC(=O)NC1CCC(CO)OC1.CC(C)(C)[SiH](c1ccccc1)c1ccccc1. The lowest BCUT2D eigenvalue weighted by atomic mass is 10.1. The zero-order valence-corrected chi connectivity index (χ0v) is 22.2. The zero-order valence-electron chi connectivity index (χ0n) is 21.0. The summed E-state index contributed by atoms with van der Waals surface area (Å²) in [5.41, 5.74) is -0.479. The Kier molecular flexibility index (Phi) is 10.1. The summed E-state index contributed by atoms with van der Waals surface area (Å²) in [7, 11) is -1.14. The van der Waals surface area contributed by atoms with E-state index in [9.17, 15) is 4.79 Å². The normalized spacial score (nSPS) is 18.8. The molecule has 0 aliphatic carbocycles. The van der Waals surface area contributed by atoms with Crippen LogP contribution in [0.2, 0.25) is 5.04 Å². The molecule has 1 saturated heterocycles. The number of nitrogens with one attached hydrogen (secondary N) is 1. The van der Waals surface area contributed by atoms with Crippen LogP contribution in [0.5, 0.6) is 0 Å². The van der Waals surface area contributed by atoms with Gasteiger partial charge in [0.25, 0.3) is 0 Å². The highest BCUT2D eigenvalue weighted by molar-refractivity contribution is 6.87.